The van der Waals surface area contributed by atoms with Crippen LogP contribution < -0.4 is 15.2 Å². The van der Waals surface area contributed by atoms with Crippen molar-refractivity contribution in [1.29, 1.82) is 0 Å². The molecule has 3 rings (SSSR count). The topological polar surface area (TPSA) is 84.9 Å². The summed E-state index contributed by atoms with van der Waals surface area (Å²) in [7, 11) is 0. The molecule has 0 radical (unpaired) electrons. The predicted molar refractivity (Wildman–Crippen MR) is 69.7 cm³/mol. The number of hydrogen-bond acceptors (Lipinski definition) is 5. The molecule has 3 atom stereocenters. The third-order valence-electron chi connectivity index (χ3n) is 3.80. The van der Waals surface area contributed by atoms with Crippen LogP contribution in [-0.4, -0.2) is 29.0 Å². The number of ether oxygens (including phenoxy) is 2. The number of phenols is 1. The smallest absolute Gasteiger partial charge is 0.165 e. The Morgan fingerprint density at radius 3 is 2.37 bits per heavy atom. The third kappa shape index (κ3) is 1.76. The quantitative estimate of drug-likeness (QED) is 0.743. The van der Waals surface area contributed by atoms with Gasteiger partial charge in [-0.25, -0.2) is 0 Å². The van der Waals surface area contributed by atoms with Gasteiger partial charge in [0.05, 0.1) is 6.10 Å². The second kappa shape index (κ2) is 4.28. The van der Waals surface area contributed by atoms with Gasteiger partial charge in [0, 0.05) is 36.1 Å². The summed E-state index contributed by atoms with van der Waals surface area (Å²) in [6.07, 6.45) is 0.466. The van der Waals surface area contributed by atoms with Crippen LogP contribution in [0.2, 0.25) is 0 Å². The number of aromatic hydroxyl groups is 1. The Balaban J connectivity index is 2.23. The molecule has 2 aliphatic rings. The fourth-order valence-corrected chi connectivity index (χ4v) is 2.99. The van der Waals surface area contributed by atoms with Crippen molar-refractivity contribution in [3.63, 3.8) is 0 Å². The minimum atomic E-state index is -0.790. The highest BCUT2D eigenvalue weighted by Gasteiger charge is 2.37. The molecule has 0 aliphatic carbocycles. The summed E-state index contributed by atoms with van der Waals surface area (Å²) in [5.74, 6) is 1.25. The van der Waals surface area contributed by atoms with Gasteiger partial charge in [0.25, 0.3) is 0 Å². The minimum absolute atomic E-state index is 0.00965. The lowest BCUT2D eigenvalue weighted by Crippen LogP contribution is -2.15. The van der Waals surface area contributed by atoms with E-state index in [2.05, 4.69) is 0 Å². The molecule has 2 heterocycles. The largest absolute Gasteiger partial charge is 0.504 e. The maximum absolute atomic E-state index is 10.3. The van der Waals surface area contributed by atoms with E-state index in [0.717, 1.165) is 11.1 Å². The predicted octanol–water partition coefficient (Wildman–Crippen LogP) is 1.03. The van der Waals surface area contributed by atoms with Gasteiger partial charge in [-0.15, -0.1) is 0 Å². The first-order valence-corrected chi connectivity index (χ1v) is 6.64. The van der Waals surface area contributed by atoms with Gasteiger partial charge in [0.15, 0.2) is 11.5 Å². The van der Waals surface area contributed by atoms with Crippen molar-refractivity contribution in [2.75, 3.05) is 6.54 Å². The molecule has 1 aromatic carbocycles. The van der Waals surface area contributed by atoms with E-state index in [1.807, 2.05) is 13.8 Å². The van der Waals surface area contributed by atoms with Crippen LogP contribution >= 0.6 is 0 Å². The van der Waals surface area contributed by atoms with Crippen LogP contribution in [-0.2, 0) is 12.8 Å². The first kappa shape index (κ1) is 12.6. The van der Waals surface area contributed by atoms with Crippen LogP contribution in [0.1, 0.15) is 36.6 Å². The number of fused-ring (bicyclic) bond motifs is 2. The molecule has 0 amide bonds. The molecule has 19 heavy (non-hydrogen) atoms. The first-order valence-electron chi connectivity index (χ1n) is 6.64. The zero-order valence-electron chi connectivity index (χ0n) is 11.1. The Kier molecular flexibility index (Phi) is 2.83. The summed E-state index contributed by atoms with van der Waals surface area (Å²) in [6.45, 7) is 4.00. The standard InChI is InChI=1S/C14H19NO4/c1-6-3-8-11(10(16)5-15)13-9(4-7(2)18-13)12(17)14(8)19-6/h6-7,10,16-17H,3-5,15H2,1-2H3. The molecule has 4 N–H and O–H groups in total. The second-order valence-corrected chi connectivity index (χ2v) is 5.39. The van der Waals surface area contributed by atoms with Crippen molar-refractivity contribution < 1.29 is 19.7 Å². The molecule has 0 spiro atoms. The number of aliphatic hydroxyl groups is 1. The Morgan fingerprint density at radius 2 is 1.74 bits per heavy atom. The van der Waals surface area contributed by atoms with E-state index < -0.39 is 6.10 Å². The van der Waals surface area contributed by atoms with E-state index in [1.54, 1.807) is 0 Å². The molecule has 0 saturated heterocycles. The highest BCUT2D eigenvalue weighted by atomic mass is 16.5. The molecule has 0 bridgehead atoms. The molecule has 3 unspecified atom stereocenters. The fourth-order valence-electron chi connectivity index (χ4n) is 2.99. The minimum Gasteiger partial charge on any atom is -0.504 e. The molecule has 5 heteroatoms. The van der Waals surface area contributed by atoms with Crippen molar-refractivity contribution >= 4 is 0 Å². The Hall–Kier alpha value is -1.46. The number of phenolic OH excluding ortho intramolecular Hbond substituents is 1. The van der Waals surface area contributed by atoms with Gasteiger partial charge in [-0.1, -0.05) is 0 Å². The third-order valence-corrected chi connectivity index (χ3v) is 3.80. The lowest BCUT2D eigenvalue weighted by Gasteiger charge is -2.18. The van der Waals surface area contributed by atoms with Crippen molar-refractivity contribution in [2.24, 2.45) is 5.73 Å². The molecule has 0 aromatic heterocycles. The number of aliphatic hydroxyl groups excluding tert-OH is 1. The summed E-state index contributed by atoms with van der Waals surface area (Å²) < 4.78 is 11.4. The number of benzene rings is 1. The van der Waals surface area contributed by atoms with Gasteiger partial charge in [-0.05, 0) is 13.8 Å². The van der Waals surface area contributed by atoms with Crippen LogP contribution in [0.25, 0.3) is 0 Å². The van der Waals surface area contributed by atoms with E-state index in [-0.39, 0.29) is 24.5 Å². The van der Waals surface area contributed by atoms with E-state index in [9.17, 15) is 10.2 Å². The second-order valence-electron chi connectivity index (χ2n) is 5.39. The van der Waals surface area contributed by atoms with Crippen LogP contribution in [0.4, 0.5) is 0 Å². The fraction of sp³-hybridized carbons (Fsp3) is 0.571. The van der Waals surface area contributed by atoms with Gasteiger partial charge in [0.1, 0.15) is 18.0 Å². The Morgan fingerprint density at radius 1 is 1.16 bits per heavy atom. The molecule has 1 aromatic rings. The zero-order valence-corrected chi connectivity index (χ0v) is 11.1. The molecule has 0 fully saturated rings. The molecule has 5 nitrogen and oxygen atoms in total. The summed E-state index contributed by atoms with van der Waals surface area (Å²) in [5, 5.41) is 20.5. The molecular weight excluding hydrogens is 246 g/mol. The monoisotopic (exact) mass is 265 g/mol. The van der Waals surface area contributed by atoms with Gasteiger partial charge in [-0.2, -0.15) is 0 Å². The Bertz CT molecular complexity index is 490. The molecule has 104 valence electrons. The maximum atomic E-state index is 10.3. The lowest BCUT2D eigenvalue weighted by atomic mass is 9.93. The van der Waals surface area contributed by atoms with E-state index in [4.69, 9.17) is 15.2 Å². The SMILES string of the molecule is CC1Cc2c(c(O)c3c(c2C(O)CN)OC(C)C3)O1. The molecule has 0 saturated carbocycles. The van der Waals surface area contributed by atoms with Crippen molar-refractivity contribution in [3.05, 3.63) is 16.7 Å². The van der Waals surface area contributed by atoms with E-state index in [0.29, 0.717) is 29.9 Å². The highest BCUT2D eigenvalue weighted by molar-refractivity contribution is 5.66. The van der Waals surface area contributed by atoms with Crippen molar-refractivity contribution in [1.82, 2.24) is 0 Å². The van der Waals surface area contributed by atoms with Crippen LogP contribution in [0.5, 0.6) is 17.2 Å². The summed E-state index contributed by atoms with van der Waals surface area (Å²) in [5.41, 5.74) is 7.84. The van der Waals surface area contributed by atoms with Gasteiger partial charge in [0.2, 0.25) is 0 Å². The summed E-state index contributed by atoms with van der Waals surface area (Å²) in [6, 6.07) is 0. The van der Waals surface area contributed by atoms with Crippen molar-refractivity contribution in [2.45, 2.75) is 45.0 Å². The van der Waals surface area contributed by atoms with Crippen LogP contribution in [0.15, 0.2) is 0 Å². The Labute approximate surface area is 111 Å². The van der Waals surface area contributed by atoms with Crippen molar-refractivity contribution in [3.8, 4) is 17.2 Å². The zero-order chi connectivity index (χ0) is 13.7. The maximum Gasteiger partial charge on any atom is 0.165 e. The summed E-state index contributed by atoms with van der Waals surface area (Å²) in [4.78, 5) is 0. The number of rotatable bonds is 2. The highest BCUT2D eigenvalue weighted by Crippen LogP contribution is 2.52. The van der Waals surface area contributed by atoms with Crippen LogP contribution in [0.3, 0.4) is 0 Å². The average molecular weight is 265 g/mol. The number of nitrogens with two attached hydrogens (primary N) is 1. The van der Waals surface area contributed by atoms with Gasteiger partial charge < -0.3 is 25.4 Å². The van der Waals surface area contributed by atoms with E-state index in [1.165, 1.54) is 0 Å². The lowest BCUT2D eigenvalue weighted by molar-refractivity contribution is 0.175. The van der Waals surface area contributed by atoms with E-state index >= 15 is 0 Å². The van der Waals surface area contributed by atoms with Gasteiger partial charge in [-0.3, -0.25) is 0 Å². The van der Waals surface area contributed by atoms with Crippen LogP contribution in [0, 0.1) is 0 Å². The summed E-state index contributed by atoms with van der Waals surface area (Å²) >= 11 is 0. The first-order chi connectivity index (χ1) is 9.02. The molecule has 2 aliphatic heterocycles. The number of hydrogen-bond donors (Lipinski definition) is 3. The molecular formula is C14H19NO4. The average Bonchev–Trinajstić information content (AvgIpc) is 2.92. The normalized spacial score (nSPS) is 25.5. The van der Waals surface area contributed by atoms with Gasteiger partial charge >= 0.3 is 0 Å².